The van der Waals surface area contributed by atoms with Crippen molar-refractivity contribution in [3.05, 3.63) is 35.4 Å². The van der Waals surface area contributed by atoms with Crippen molar-refractivity contribution in [1.82, 2.24) is 5.32 Å². The van der Waals surface area contributed by atoms with Crippen LogP contribution in [0, 0.1) is 11.8 Å². The summed E-state index contributed by atoms with van der Waals surface area (Å²) in [5, 5.41) is 3.41. The Morgan fingerprint density at radius 2 is 2.05 bits per heavy atom. The zero-order chi connectivity index (χ0) is 14.4. The minimum atomic E-state index is 0.762. The lowest BCUT2D eigenvalue weighted by Gasteiger charge is -2.36. The number of hydrogen-bond acceptors (Lipinski definition) is 1. The standard InChI is InChI=1S/C19H31N/c1-4-7-16-8-6-9-17(12-16)19-13-15(5-2)10-11-18(19)14-20-3/h6,8-9,12,15,18-20H,4-5,7,10-11,13-14H2,1-3H3. The van der Waals surface area contributed by atoms with Gasteiger partial charge in [0.1, 0.15) is 0 Å². The van der Waals surface area contributed by atoms with E-state index in [2.05, 4.69) is 50.5 Å². The molecule has 0 amide bonds. The van der Waals surface area contributed by atoms with E-state index in [-0.39, 0.29) is 0 Å². The second-order valence-corrected chi connectivity index (χ2v) is 6.51. The third kappa shape index (κ3) is 3.85. The van der Waals surface area contributed by atoms with Crippen molar-refractivity contribution in [2.75, 3.05) is 13.6 Å². The van der Waals surface area contributed by atoms with Crippen LogP contribution in [0.1, 0.15) is 63.0 Å². The summed E-state index contributed by atoms with van der Waals surface area (Å²) in [5.74, 6) is 2.51. The van der Waals surface area contributed by atoms with Crippen molar-refractivity contribution < 1.29 is 0 Å². The number of nitrogens with one attached hydrogen (secondary N) is 1. The Kier molecular flexibility index (Phi) is 6.09. The second kappa shape index (κ2) is 7.83. The van der Waals surface area contributed by atoms with E-state index in [9.17, 15) is 0 Å². The fourth-order valence-electron chi connectivity index (χ4n) is 3.87. The van der Waals surface area contributed by atoms with Gasteiger partial charge in [0.25, 0.3) is 0 Å². The Labute approximate surface area is 125 Å². The predicted octanol–water partition coefficient (Wildman–Crippen LogP) is 4.77. The van der Waals surface area contributed by atoms with E-state index >= 15 is 0 Å². The van der Waals surface area contributed by atoms with Gasteiger partial charge in [0.2, 0.25) is 0 Å². The summed E-state index contributed by atoms with van der Waals surface area (Å²) in [7, 11) is 2.09. The minimum absolute atomic E-state index is 0.762. The van der Waals surface area contributed by atoms with Gasteiger partial charge < -0.3 is 5.32 Å². The third-order valence-electron chi connectivity index (χ3n) is 5.06. The van der Waals surface area contributed by atoms with Crippen LogP contribution in [0.4, 0.5) is 0 Å². The Morgan fingerprint density at radius 3 is 2.75 bits per heavy atom. The second-order valence-electron chi connectivity index (χ2n) is 6.51. The van der Waals surface area contributed by atoms with Crippen molar-refractivity contribution in [3.8, 4) is 0 Å². The van der Waals surface area contributed by atoms with Gasteiger partial charge in [-0.05, 0) is 61.7 Å². The molecule has 2 rings (SSSR count). The highest BCUT2D eigenvalue weighted by atomic mass is 14.8. The number of aryl methyl sites for hydroxylation is 1. The zero-order valence-corrected chi connectivity index (χ0v) is 13.5. The molecular weight excluding hydrogens is 242 g/mol. The lowest BCUT2D eigenvalue weighted by Crippen LogP contribution is -2.30. The van der Waals surface area contributed by atoms with E-state index in [0.29, 0.717) is 0 Å². The van der Waals surface area contributed by atoms with Crippen LogP contribution in [0.25, 0.3) is 0 Å². The summed E-state index contributed by atoms with van der Waals surface area (Å²) >= 11 is 0. The molecular formula is C19H31N. The first-order chi connectivity index (χ1) is 9.78. The fourth-order valence-corrected chi connectivity index (χ4v) is 3.87. The maximum Gasteiger partial charge on any atom is -0.00177 e. The fraction of sp³-hybridized carbons (Fsp3) is 0.684. The summed E-state index contributed by atoms with van der Waals surface area (Å²) in [5.41, 5.74) is 3.11. The van der Waals surface area contributed by atoms with Gasteiger partial charge in [-0.3, -0.25) is 0 Å². The maximum atomic E-state index is 3.41. The molecule has 1 heteroatoms. The van der Waals surface area contributed by atoms with Crippen molar-refractivity contribution in [2.24, 2.45) is 11.8 Å². The first-order valence-electron chi connectivity index (χ1n) is 8.51. The summed E-state index contributed by atoms with van der Waals surface area (Å²) in [6, 6.07) is 9.41. The smallest absolute Gasteiger partial charge is 0.00177 e. The normalized spacial score (nSPS) is 26.6. The first-order valence-corrected chi connectivity index (χ1v) is 8.51. The van der Waals surface area contributed by atoms with Gasteiger partial charge in [-0.1, -0.05) is 57.4 Å². The molecule has 0 spiro atoms. The van der Waals surface area contributed by atoms with Crippen LogP contribution in [0.5, 0.6) is 0 Å². The predicted molar refractivity (Wildman–Crippen MR) is 88.2 cm³/mol. The number of hydrogen-bond donors (Lipinski definition) is 1. The SMILES string of the molecule is CCCc1cccc(C2CC(CC)CCC2CNC)c1. The van der Waals surface area contributed by atoms with Gasteiger partial charge >= 0.3 is 0 Å². The molecule has 112 valence electrons. The molecule has 3 unspecified atom stereocenters. The van der Waals surface area contributed by atoms with Crippen LogP contribution in [0.2, 0.25) is 0 Å². The molecule has 1 N–H and O–H groups in total. The van der Waals surface area contributed by atoms with Gasteiger partial charge in [0.15, 0.2) is 0 Å². The highest BCUT2D eigenvalue weighted by Gasteiger charge is 2.30. The quantitative estimate of drug-likeness (QED) is 0.787. The minimum Gasteiger partial charge on any atom is -0.319 e. The summed E-state index contributed by atoms with van der Waals surface area (Å²) in [6.07, 6.45) is 8.01. The first kappa shape index (κ1) is 15.6. The monoisotopic (exact) mass is 273 g/mol. The van der Waals surface area contributed by atoms with Crippen molar-refractivity contribution >= 4 is 0 Å². The molecule has 1 saturated carbocycles. The molecule has 1 fully saturated rings. The lowest BCUT2D eigenvalue weighted by molar-refractivity contribution is 0.228. The molecule has 0 aliphatic heterocycles. The molecule has 1 nitrogen and oxygen atoms in total. The summed E-state index contributed by atoms with van der Waals surface area (Å²) in [6.45, 7) is 5.79. The van der Waals surface area contributed by atoms with E-state index in [1.165, 1.54) is 50.6 Å². The molecule has 0 heterocycles. The Hall–Kier alpha value is -0.820. The molecule has 0 saturated heterocycles. The van der Waals surface area contributed by atoms with Crippen LogP contribution in [-0.4, -0.2) is 13.6 Å². The van der Waals surface area contributed by atoms with E-state index in [1.807, 2.05) is 0 Å². The Morgan fingerprint density at radius 1 is 1.20 bits per heavy atom. The summed E-state index contributed by atoms with van der Waals surface area (Å²) in [4.78, 5) is 0. The van der Waals surface area contributed by atoms with Crippen LogP contribution in [0.3, 0.4) is 0 Å². The number of benzene rings is 1. The Balaban J connectivity index is 2.18. The van der Waals surface area contributed by atoms with Gasteiger partial charge in [0.05, 0.1) is 0 Å². The Bertz CT molecular complexity index is 399. The molecule has 1 aliphatic carbocycles. The average molecular weight is 273 g/mol. The van der Waals surface area contributed by atoms with E-state index in [0.717, 1.165) is 17.8 Å². The van der Waals surface area contributed by atoms with Gasteiger partial charge in [0, 0.05) is 0 Å². The highest BCUT2D eigenvalue weighted by molar-refractivity contribution is 5.27. The molecule has 0 aromatic heterocycles. The molecule has 3 atom stereocenters. The molecule has 1 aromatic carbocycles. The zero-order valence-electron chi connectivity index (χ0n) is 13.5. The average Bonchev–Trinajstić information content (AvgIpc) is 2.48. The van der Waals surface area contributed by atoms with Crippen LogP contribution >= 0.6 is 0 Å². The number of rotatable bonds is 6. The van der Waals surface area contributed by atoms with E-state index in [1.54, 1.807) is 5.56 Å². The maximum absolute atomic E-state index is 3.41. The molecule has 20 heavy (non-hydrogen) atoms. The van der Waals surface area contributed by atoms with Gasteiger partial charge in [-0.15, -0.1) is 0 Å². The van der Waals surface area contributed by atoms with Gasteiger partial charge in [-0.2, -0.15) is 0 Å². The van der Waals surface area contributed by atoms with Gasteiger partial charge in [-0.25, -0.2) is 0 Å². The molecule has 0 radical (unpaired) electrons. The topological polar surface area (TPSA) is 12.0 Å². The van der Waals surface area contributed by atoms with Crippen molar-refractivity contribution in [3.63, 3.8) is 0 Å². The van der Waals surface area contributed by atoms with Crippen LogP contribution in [0.15, 0.2) is 24.3 Å². The van der Waals surface area contributed by atoms with Crippen LogP contribution in [-0.2, 0) is 6.42 Å². The van der Waals surface area contributed by atoms with E-state index in [4.69, 9.17) is 0 Å². The molecule has 0 bridgehead atoms. The van der Waals surface area contributed by atoms with E-state index < -0.39 is 0 Å². The van der Waals surface area contributed by atoms with Crippen molar-refractivity contribution in [2.45, 2.75) is 58.3 Å². The summed E-state index contributed by atoms with van der Waals surface area (Å²) < 4.78 is 0. The third-order valence-corrected chi connectivity index (χ3v) is 5.06. The highest BCUT2D eigenvalue weighted by Crippen LogP contribution is 2.41. The lowest BCUT2D eigenvalue weighted by atomic mass is 9.70. The van der Waals surface area contributed by atoms with Crippen molar-refractivity contribution in [1.29, 1.82) is 0 Å². The molecule has 1 aromatic rings. The van der Waals surface area contributed by atoms with Crippen LogP contribution < -0.4 is 5.32 Å². The molecule has 1 aliphatic rings. The largest absolute Gasteiger partial charge is 0.319 e.